The van der Waals surface area contributed by atoms with Crippen LogP contribution in [0.3, 0.4) is 0 Å². The van der Waals surface area contributed by atoms with Gasteiger partial charge in [0.05, 0.1) is 16.1 Å². The molecule has 9 nitrogen and oxygen atoms in total. The van der Waals surface area contributed by atoms with Crippen molar-refractivity contribution in [2.75, 3.05) is 16.8 Å². The molecular formula is C24H19F3N4O5S. The highest BCUT2D eigenvalue weighted by Gasteiger charge is 2.47. The Morgan fingerprint density at radius 2 is 1.73 bits per heavy atom. The summed E-state index contributed by atoms with van der Waals surface area (Å²) in [5.74, 6) is -1.13. The summed E-state index contributed by atoms with van der Waals surface area (Å²) in [5.41, 5.74) is -3.55. The number of anilines is 2. The molecule has 1 fully saturated rings. The number of nitrogens with zero attached hydrogens (tertiary/aromatic N) is 3. The molecule has 1 saturated heterocycles. The Kier molecular flexibility index (Phi) is 6.74. The summed E-state index contributed by atoms with van der Waals surface area (Å²) < 4.78 is 61.5. The smallest absolute Gasteiger partial charge is 0.322 e. The first-order valence-electron chi connectivity index (χ1n) is 10.7. The molecule has 192 valence electrons. The number of halogens is 3. The lowest BCUT2D eigenvalue weighted by atomic mass is 10.1. The molecule has 0 spiro atoms. The van der Waals surface area contributed by atoms with Gasteiger partial charge in [0.2, 0.25) is 0 Å². The summed E-state index contributed by atoms with van der Waals surface area (Å²) in [5, 5.41) is 2.79. The number of aromatic nitrogens is 1. The van der Waals surface area contributed by atoms with Crippen LogP contribution in [0.5, 0.6) is 0 Å². The van der Waals surface area contributed by atoms with E-state index in [2.05, 4.69) is 10.3 Å². The number of pyridine rings is 1. The summed E-state index contributed by atoms with van der Waals surface area (Å²) in [4.78, 5) is 43.4. The van der Waals surface area contributed by atoms with E-state index in [1.54, 1.807) is 12.1 Å². The molecule has 1 aromatic heterocycles. The number of amides is 4. The number of carbonyl (C=O) groups excluding carboxylic acids is 3. The van der Waals surface area contributed by atoms with Crippen LogP contribution in [0.25, 0.3) is 0 Å². The molecule has 0 atom stereocenters. The fraction of sp³-hybridized carbons (Fsp3) is 0.167. The Morgan fingerprint density at radius 3 is 2.38 bits per heavy atom. The van der Waals surface area contributed by atoms with Crippen LogP contribution in [0.4, 0.5) is 29.3 Å². The molecule has 13 heteroatoms. The maximum atomic E-state index is 13.0. The summed E-state index contributed by atoms with van der Waals surface area (Å²) in [6.45, 7) is 1.34. The third kappa shape index (κ3) is 5.03. The average Bonchev–Trinajstić information content (AvgIpc) is 3.12. The number of aryl methyl sites for hydroxylation is 1. The van der Waals surface area contributed by atoms with E-state index in [1.807, 2.05) is 19.1 Å². The lowest BCUT2D eigenvalue weighted by Crippen LogP contribution is -2.33. The lowest BCUT2D eigenvalue weighted by molar-refractivity contribution is -0.116. The highest BCUT2D eigenvalue weighted by Crippen LogP contribution is 2.32. The molecule has 1 aliphatic rings. The quantitative estimate of drug-likeness (QED) is 0.482. The minimum atomic E-state index is -5.58. The van der Waals surface area contributed by atoms with Gasteiger partial charge in [-0.25, -0.2) is 18.1 Å². The third-order valence-electron chi connectivity index (χ3n) is 5.66. The van der Waals surface area contributed by atoms with Gasteiger partial charge >= 0.3 is 11.5 Å². The Labute approximate surface area is 209 Å². The molecule has 2 aromatic carbocycles. The molecule has 0 aliphatic carbocycles. The molecule has 1 aliphatic heterocycles. The number of nitrogens with one attached hydrogen (secondary N) is 1. The van der Waals surface area contributed by atoms with E-state index in [4.69, 9.17) is 0 Å². The predicted molar refractivity (Wildman–Crippen MR) is 126 cm³/mol. The van der Waals surface area contributed by atoms with Gasteiger partial charge in [0.15, 0.2) is 0 Å². The molecule has 1 N–H and O–H groups in total. The van der Waals surface area contributed by atoms with Crippen molar-refractivity contribution in [3.63, 3.8) is 0 Å². The maximum Gasteiger partial charge on any atom is 0.501 e. The van der Waals surface area contributed by atoms with E-state index < -0.39 is 38.1 Å². The predicted octanol–water partition coefficient (Wildman–Crippen LogP) is 3.90. The zero-order chi connectivity index (χ0) is 27.0. The van der Waals surface area contributed by atoms with E-state index in [-0.39, 0.29) is 24.3 Å². The highest BCUT2D eigenvalue weighted by atomic mass is 32.2. The minimum Gasteiger partial charge on any atom is -0.322 e. The van der Waals surface area contributed by atoms with Gasteiger partial charge in [0, 0.05) is 24.6 Å². The Bertz CT molecular complexity index is 1490. The molecule has 3 aromatic rings. The van der Waals surface area contributed by atoms with Crippen molar-refractivity contribution in [1.29, 1.82) is 0 Å². The first kappa shape index (κ1) is 25.8. The van der Waals surface area contributed by atoms with Gasteiger partial charge in [-0.2, -0.15) is 13.2 Å². The summed E-state index contributed by atoms with van der Waals surface area (Å²) in [6.07, 6.45) is 2.77. The van der Waals surface area contributed by atoms with Crippen LogP contribution in [-0.4, -0.2) is 48.2 Å². The second kappa shape index (κ2) is 9.65. The van der Waals surface area contributed by atoms with Crippen LogP contribution >= 0.6 is 0 Å². The number of hydrogen-bond donors (Lipinski definition) is 1. The maximum absolute atomic E-state index is 13.0. The van der Waals surface area contributed by atoms with Gasteiger partial charge in [-0.05, 0) is 54.4 Å². The monoisotopic (exact) mass is 532 g/mol. The molecule has 37 heavy (non-hydrogen) atoms. The van der Waals surface area contributed by atoms with Crippen molar-refractivity contribution in [3.8, 4) is 0 Å². The van der Waals surface area contributed by atoms with Crippen molar-refractivity contribution in [2.24, 2.45) is 0 Å². The molecule has 0 bridgehead atoms. The summed E-state index contributed by atoms with van der Waals surface area (Å²) in [7, 11) is -5.58. The van der Waals surface area contributed by atoms with Gasteiger partial charge in [-0.1, -0.05) is 18.2 Å². The number of carbonyl (C=O) groups is 3. The van der Waals surface area contributed by atoms with Crippen molar-refractivity contribution in [3.05, 3.63) is 83.7 Å². The lowest BCUT2D eigenvalue weighted by Gasteiger charge is -2.19. The van der Waals surface area contributed by atoms with Crippen LogP contribution in [-0.2, 0) is 21.2 Å². The van der Waals surface area contributed by atoms with E-state index in [1.165, 1.54) is 18.5 Å². The molecule has 0 unspecified atom stereocenters. The zero-order valence-corrected chi connectivity index (χ0v) is 20.0. The van der Waals surface area contributed by atoms with Crippen LogP contribution in [0, 0.1) is 6.92 Å². The Hall–Kier alpha value is -4.26. The fourth-order valence-corrected chi connectivity index (χ4v) is 4.47. The van der Waals surface area contributed by atoms with Crippen molar-refractivity contribution in [2.45, 2.75) is 23.9 Å². The largest absolute Gasteiger partial charge is 0.501 e. The third-order valence-corrected chi connectivity index (χ3v) is 7.16. The van der Waals surface area contributed by atoms with E-state index >= 15 is 0 Å². The van der Waals surface area contributed by atoms with Crippen LogP contribution in [0.2, 0.25) is 0 Å². The van der Waals surface area contributed by atoms with Gasteiger partial charge in [0.1, 0.15) is 6.54 Å². The molecular weight excluding hydrogens is 513 g/mol. The number of sulfone groups is 1. The Balaban J connectivity index is 1.53. The number of benzene rings is 2. The SMILES string of the molecule is Cc1ccccc1NC(=O)c1cnccc1CN1CC(=O)N(c2ccc(S(=O)(=O)C(F)(F)F)cc2)C1=O. The van der Waals surface area contributed by atoms with Gasteiger partial charge < -0.3 is 10.2 Å². The highest BCUT2D eigenvalue weighted by molar-refractivity contribution is 7.92. The number of urea groups is 1. The van der Waals surface area contributed by atoms with E-state index in [9.17, 15) is 36.0 Å². The number of para-hydroxylation sites is 1. The van der Waals surface area contributed by atoms with Crippen LogP contribution in [0.15, 0.2) is 71.9 Å². The standard InChI is InChI=1S/C24H19F3N4O5S/c1-15-4-2-3-5-20(15)29-22(33)19-12-28-11-10-16(19)13-30-14-21(32)31(23(30)34)17-6-8-18(9-7-17)37(35,36)24(25,26)27/h2-12H,13-14H2,1H3,(H,29,33). The van der Waals surface area contributed by atoms with Crippen LogP contribution in [0.1, 0.15) is 21.5 Å². The number of alkyl halides is 3. The van der Waals surface area contributed by atoms with Crippen molar-refractivity contribution >= 4 is 39.1 Å². The zero-order valence-electron chi connectivity index (χ0n) is 19.2. The first-order chi connectivity index (χ1) is 17.4. The molecule has 4 amide bonds. The van der Waals surface area contributed by atoms with Crippen LogP contribution < -0.4 is 10.2 Å². The Morgan fingerprint density at radius 1 is 1.05 bits per heavy atom. The second-order valence-electron chi connectivity index (χ2n) is 8.11. The first-order valence-corrected chi connectivity index (χ1v) is 12.2. The van der Waals surface area contributed by atoms with Gasteiger partial charge in [-0.3, -0.25) is 14.6 Å². The van der Waals surface area contributed by atoms with Gasteiger partial charge in [-0.15, -0.1) is 0 Å². The molecule has 2 heterocycles. The number of hydrogen-bond acceptors (Lipinski definition) is 6. The normalized spacial score (nSPS) is 14.3. The fourth-order valence-electron chi connectivity index (χ4n) is 3.71. The minimum absolute atomic E-state index is 0.0918. The second-order valence-corrected chi connectivity index (χ2v) is 10.1. The molecule has 0 saturated carbocycles. The number of imide groups is 1. The summed E-state index contributed by atoms with van der Waals surface area (Å²) >= 11 is 0. The van der Waals surface area contributed by atoms with E-state index in [0.29, 0.717) is 23.4 Å². The van der Waals surface area contributed by atoms with Crippen molar-refractivity contribution in [1.82, 2.24) is 9.88 Å². The number of rotatable bonds is 6. The van der Waals surface area contributed by atoms with Crippen molar-refractivity contribution < 1.29 is 36.0 Å². The average molecular weight is 533 g/mol. The van der Waals surface area contributed by atoms with Gasteiger partial charge in [0.25, 0.3) is 21.7 Å². The topological polar surface area (TPSA) is 117 Å². The summed E-state index contributed by atoms with van der Waals surface area (Å²) in [6, 6.07) is 11.2. The molecule has 4 rings (SSSR count). The van der Waals surface area contributed by atoms with E-state index in [0.717, 1.165) is 27.5 Å². The molecule has 0 radical (unpaired) electrons.